The molecule has 0 unspecified atom stereocenters. The van der Waals surface area contributed by atoms with Crippen LogP contribution in [-0.2, 0) is 16.1 Å². The Morgan fingerprint density at radius 2 is 1.83 bits per heavy atom. The highest BCUT2D eigenvalue weighted by molar-refractivity contribution is 5.91. The van der Waals surface area contributed by atoms with Crippen molar-refractivity contribution in [2.45, 2.75) is 6.54 Å². The molecule has 0 aromatic heterocycles. The number of benzene rings is 2. The molecular formula is C23H26N2O4. The first kappa shape index (κ1) is 19.5. The summed E-state index contributed by atoms with van der Waals surface area (Å²) in [4.78, 5) is 17.2. The molecule has 6 heteroatoms. The van der Waals surface area contributed by atoms with E-state index in [2.05, 4.69) is 4.90 Å². The van der Waals surface area contributed by atoms with Crippen LogP contribution in [0.5, 0.6) is 11.5 Å². The number of rotatable bonds is 7. The smallest absolute Gasteiger partial charge is 0.246 e. The van der Waals surface area contributed by atoms with Crippen LogP contribution >= 0.6 is 0 Å². The van der Waals surface area contributed by atoms with Gasteiger partial charge in [0.2, 0.25) is 12.7 Å². The van der Waals surface area contributed by atoms with Gasteiger partial charge in [-0.1, -0.05) is 36.4 Å². The molecule has 0 spiro atoms. The molecule has 6 nitrogen and oxygen atoms in total. The number of carbonyl (C=O) groups excluding carboxylic acids is 1. The summed E-state index contributed by atoms with van der Waals surface area (Å²) in [6.45, 7) is 5.59. The van der Waals surface area contributed by atoms with Gasteiger partial charge in [0.05, 0.1) is 13.2 Å². The highest BCUT2D eigenvalue weighted by atomic mass is 16.7. The number of morpholine rings is 1. The monoisotopic (exact) mass is 394 g/mol. The number of amides is 1. The van der Waals surface area contributed by atoms with Crippen molar-refractivity contribution in [2.24, 2.45) is 0 Å². The van der Waals surface area contributed by atoms with E-state index in [-0.39, 0.29) is 12.7 Å². The maximum absolute atomic E-state index is 13.0. The number of carbonyl (C=O) groups is 1. The van der Waals surface area contributed by atoms with Gasteiger partial charge in [-0.3, -0.25) is 9.69 Å². The zero-order valence-corrected chi connectivity index (χ0v) is 16.5. The lowest BCUT2D eigenvalue weighted by molar-refractivity contribution is -0.126. The second kappa shape index (κ2) is 9.58. The molecule has 1 amide bonds. The normalized spacial score (nSPS) is 16.3. The molecule has 0 saturated carbocycles. The lowest BCUT2D eigenvalue weighted by Crippen LogP contribution is -2.42. The molecule has 2 aromatic carbocycles. The Morgan fingerprint density at radius 1 is 1.03 bits per heavy atom. The van der Waals surface area contributed by atoms with Crippen LogP contribution in [0.15, 0.2) is 54.6 Å². The average molecular weight is 394 g/mol. The summed E-state index contributed by atoms with van der Waals surface area (Å²) in [5.41, 5.74) is 2.04. The Balaban J connectivity index is 1.45. The van der Waals surface area contributed by atoms with Crippen molar-refractivity contribution in [1.29, 1.82) is 0 Å². The fourth-order valence-electron chi connectivity index (χ4n) is 3.45. The summed E-state index contributed by atoms with van der Waals surface area (Å²) in [5.74, 6) is 1.49. The zero-order chi connectivity index (χ0) is 19.9. The number of ether oxygens (including phenoxy) is 3. The minimum absolute atomic E-state index is 0.000204. The van der Waals surface area contributed by atoms with Crippen LogP contribution in [-0.4, -0.2) is 61.9 Å². The molecule has 1 fully saturated rings. The summed E-state index contributed by atoms with van der Waals surface area (Å²) >= 11 is 0. The van der Waals surface area contributed by atoms with Gasteiger partial charge in [0.15, 0.2) is 11.5 Å². The predicted molar refractivity (Wildman–Crippen MR) is 111 cm³/mol. The first-order valence-corrected chi connectivity index (χ1v) is 9.98. The van der Waals surface area contributed by atoms with Crippen LogP contribution in [0.25, 0.3) is 6.08 Å². The number of nitrogens with zero attached hydrogens (tertiary/aromatic N) is 2. The van der Waals surface area contributed by atoms with Gasteiger partial charge >= 0.3 is 0 Å². The Labute approximate surface area is 171 Å². The van der Waals surface area contributed by atoms with Gasteiger partial charge in [-0.25, -0.2) is 0 Å². The van der Waals surface area contributed by atoms with E-state index in [9.17, 15) is 4.79 Å². The second-order valence-electron chi connectivity index (χ2n) is 7.15. The molecule has 0 atom stereocenters. The Hall–Kier alpha value is -2.83. The third-order valence-electron chi connectivity index (χ3n) is 5.13. The molecule has 2 aliphatic heterocycles. The van der Waals surface area contributed by atoms with Gasteiger partial charge in [0, 0.05) is 38.8 Å². The molecule has 4 rings (SSSR count). The standard InChI is InChI=1S/C23H26N2O4/c26-23(9-7-19-4-2-1-3-5-19)25(11-10-24-12-14-27-15-13-24)17-20-6-8-21-22(16-20)29-18-28-21/h1-9,16H,10-15,17-18H2/b9-7+. The molecule has 0 N–H and O–H groups in total. The highest BCUT2D eigenvalue weighted by Crippen LogP contribution is 2.32. The second-order valence-corrected chi connectivity index (χ2v) is 7.15. The van der Waals surface area contributed by atoms with E-state index in [1.807, 2.05) is 59.5 Å². The van der Waals surface area contributed by atoms with Crippen molar-refractivity contribution in [3.63, 3.8) is 0 Å². The van der Waals surface area contributed by atoms with Gasteiger partial charge in [0.25, 0.3) is 0 Å². The van der Waals surface area contributed by atoms with Gasteiger partial charge in [-0.15, -0.1) is 0 Å². The van der Waals surface area contributed by atoms with E-state index in [0.29, 0.717) is 13.1 Å². The van der Waals surface area contributed by atoms with Gasteiger partial charge < -0.3 is 19.1 Å². The van der Waals surface area contributed by atoms with Crippen molar-refractivity contribution >= 4 is 12.0 Å². The maximum atomic E-state index is 13.0. The Bertz CT molecular complexity index is 847. The van der Waals surface area contributed by atoms with E-state index >= 15 is 0 Å². The summed E-state index contributed by atoms with van der Waals surface area (Å²) in [6, 6.07) is 15.7. The molecule has 1 saturated heterocycles. The molecular weight excluding hydrogens is 368 g/mol. The number of hydrogen-bond acceptors (Lipinski definition) is 5. The van der Waals surface area contributed by atoms with Gasteiger partial charge in [-0.2, -0.15) is 0 Å². The molecule has 29 heavy (non-hydrogen) atoms. The van der Waals surface area contributed by atoms with E-state index in [1.165, 1.54) is 0 Å². The zero-order valence-electron chi connectivity index (χ0n) is 16.5. The largest absolute Gasteiger partial charge is 0.454 e. The third kappa shape index (κ3) is 5.37. The van der Waals surface area contributed by atoms with Crippen LogP contribution in [0, 0.1) is 0 Å². The molecule has 0 radical (unpaired) electrons. The van der Waals surface area contributed by atoms with Crippen molar-refractivity contribution < 1.29 is 19.0 Å². The topological polar surface area (TPSA) is 51.2 Å². The summed E-state index contributed by atoms with van der Waals surface area (Å²) in [5, 5.41) is 0. The van der Waals surface area contributed by atoms with Crippen LogP contribution in [0.1, 0.15) is 11.1 Å². The van der Waals surface area contributed by atoms with Crippen LogP contribution in [0.2, 0.25) is 0 Å². The number of fused-ring (bicyclic) bond motifs is 1. The lowest BCUT2D eigenvalue weighted by Gasteiger charge is -2.29. The van der Waals surface area contributed by atoms with E-state index in [4.69, 9.17) is 14.2 Å². The van der Waals surface area contributed by atoms with E-state index < -0.39 is 0 Å². The first-order chi connectivity index (χ1) is 14.3. The van der Waals surface area contributed by atoms with Crippen molar-refractivity contribution in [3.05, 3.63) is 65.7 Å². The lowest BCUT2D eigenvalue weighted by atomic mass is 10.1. The van der Waals surface area contributed by atoms with Gasteiger partial charge in [0.1, 0.15) is 0 Å². The Morgan fingerprint density at radius 3 is 2.66 bits per heavy atom. The predicted octanol–water partition coefficient (Wildman–Crippen LogP) is 2.79. The van der Waals surface area contributed by atoms with Crippen molar-refractivity contribution in [3.8, 4) is 11.5 Å². The molecule has 0 bridgehead atoms. The van der Waals surface area contributed by atoms with Crippen LogP contribution < -0.4 is 9.47 Å². The highest BCUT2D eigenvalue weighted by Gasteiger charge is 2.18. The molecule has 2 aromatic rings. The fraction of sp³-hybridized carbons (Fsp3) is 0.348. The minimum Gasteiger partial charge on any atom is -0.454 e. The van der Waals surface area contributed by atoms with Crippen molar-refractivity contribution in [2.75, 3.05) is 46.2 Å². The molecule has 0 aliphatic carbocycles. The minimum atomic E-state index is -0.000204. The van der Waals surface area contributed by atoms with E-state index in [1.54, 1.807) is 6.08 Å². The van der Waals surface area contributed by atoms with Crippen molar-refractivity contribution in [1.82, 2.24) is 9.80 Å². The summed E-state index contributed by atoms with van der Waals surface area (Å²) in [7, 11) is 0. The first-order valence-electron chi connectivity index (χ1n) is 9.98. The number of hydrogen-bond donors (Lipinski definition) is 0. The third-order valence-corrected chi connectivity index (χ3v) is 5.13. The summed E-state index contributed by atoms with van der Waals surface area (Å²) in [6.07, 6.45) is 3.52. The summed E-state index contributed by atoms with van der Waals surface area (Å²) < 4.78 is 16.3. The SMILES string of the molecule is O=C(/C=C/c1ccccc1)N(CCN1CCOCC1)Cc1ccc2c(c1)OCO2. The average Bonchev–Trinajstić information content (AvgIpc) is 3.24. The maximum Gasteiger partial charge on any atom is 0.246 e. The Kier molecular flexibility index (Phi) is 6.44. The fourth-order valence-corrected chi connectivity index (χ4v) is 3.45. The molecule has 2 heterocycles. The van der Waals surface area contributed by atoms with Crippen LogP contribution in [0.3, 0.4) is 0 Å². The quantitative estimate of drug-likeness (QED) is 0.676. The molecule has 152 valence electrons. The van der Waals surface area contributed by atoms with Gasteiger partial charge in [-0.05, 0) is 29.3 Å². The molecule has 2 aliphatic rings. The van der Waals surface area contributed by atoms with Crippen LogP contribution in [0.4, 0.5) is 0 Å². The van der Waals surface area contributed by atoms with E-state index in [0.717, 1.165) is 55.5 Å².